The van der Waals surface area contributed by atoms with E-state index in [1.165, 1.54) is 7.11 Å². The average Bonchev–Trinajstić information content (AvgIpc) is 3.28. The van der Waals surface area contributed by atoms with Crippen molar-refractivity contribution in [2.45, 2.75) is 17.7 Å². The van der Waals surface area contributed by atoms with Crippen LogP contribution in [0.15, 0.2) is 82.8 Å². The molecule has 0 radical (unpaired) electrons. The smallest absolute Gasteiger partial charge is 0.337 e. The van der Waals surface area contributed by atoms with Crippen LogP contribution in [-0.2, 0) is 27.1 Å². The summed E-state index contributed by atoms with van der Waals surface area (Å²) in [5.41, 5.74) is 7.09. The molecule has 2 aliphatic heterocycles. The molecular weight excluding hydrogens is 540 g/mol. The number of esters is 1. The highest BCUT2D eigenvalue weighted by atomic mass is 32.2. The number of morpholine rings is 1. The molecule has 0 unspecified atom stereocenters. The number of benzene rings is 3. The fraction of sp³-hybridized carbons (Fsp3) is 0.290. The van der Waals surface area contributed by atoms with Crippen LogP contribution in [0.4, 0.5) is 10.5 Å². The third-order valence-corrected chi connectivity index (χ3v) is 8.02. The topological polar surface area (TPSA) is 101 Å². The lowest BCUT2D eigenvalue weighted by Gasteiger charge is -2.25. The van der Waals surface area contributed by atoms with Crippen LogP contribution in [0, 0.1) is 0 Å². The molecule has 212 valence electrons. The van der Waals surface area contributed by atoms with E-state index in [0.29, 0.717) is 50.4 Å². The van der Waals surface area contributed by atoms with Crippen LogP contribution in [0.1, 0.15) is 27.0 Å². The number of urea groups is 1. The third kappa shape index (κ3) is 6.96. The highest BCUT2D eigenvalue weighted by Crippen LogP contribution is 2.33. The standard InChI is InChI=1S/C31H32N4O5S/c1-39-30(37)24-9-7-23(8-10-24)14-20-41-25-11-12-27-26(21-25)28(32-33-31(38)34-16-18-40-19-17-34)29(36)35(27)15-13-22-5-3-2-4-6-22/h2-12,21H,13-20H2,1H3,(H,33,38)/b32-28-. The van der Waals surface area contributed by atoms with E-state index < -0.39 is 0 Å². The summed E-state index contributed by atoms with van der Waals surface area (Å²) in [4.78, 5) is 42.3. The molecule has 9 nitrogen and oxygen atoms in total. The largest absolute Gasteiger partial charge is 0.465 e. The fourth-order valence-corrected chi connectivity index (χ4v) is 5.69. The molecule has 0 atom stereocenters. The zero-order valence-corrected chi connectivity index (χ0v) is 23.7. The van der Waals surface area contributed by atoms with Crippen molar-refractivity contribution in [3.63, 3.8) is 0 Å². The maximum absolute atomic E-state index is 13.6. The molecule has 3 amide bonds. The quantitative estimate of drug-likeness (QED) is 0.235. The molecule has 0 spiro atoms. The van der Waals surface area contributed by atoms with Gasteiger partial charge in [-0.1, -0.05) is 42.5 Å². The minimum Gasteiger partial charge on any atom is -0.465 e. The number of rotatable bonds is 9. The Hall–Kier alpha value is -4.15. The molecule has 2 aliphatic rings. The Bertz CT molecular complexity index is 1420. The van der Waals surface area contributed by atoms with Gasteiger partial charge in [0.25, 0.3) is 5.91 Å². The second-order valence-corrected chi connectivity index (χ2v) is 10.8. The first-order valence-electron chi connectivity index (χ1n) is 13.5. The van der Waals surface area contributed by atoms with Crippen molar-refractivity contribution in [2.24, 2.45) is 5.10 Å². The Balaban J connectivity index is 1.30. The Kier molecular flexibility index (Phi) is 9.33. The Morgan fingerprint density at radius 2 is 1.71 bits per heavy atom. The van der Waals surface area contributed by atoms with Gasteiger partial charge >= 0.3 is 12.0 Å². The molecule has 3 aromatic rings. The van der Waals surface area contributed by atoms with Crippen molar-refractivity contribution in [3.05, 3.63) is 95.1 Å². The number of anilines is 1. The number of amides is 3. The van der Waals surface area contributed by atoms with Gasteiger partial charge in [-0.3, -0.25) is 4.79 Å². The van der Waals surface area contributed by atoms with Gasteiger partial charge in [0, 0.05) is 35.8 Å². The zero-order valence-electron chi connectivity index (χ0n) is 22.9. The number of carbonyl (C=O) groups excluding carboxylic acids is 3. The summed E-state index contributed by atoms with van der Waals surface area (Å²) in [6, 6.07) is 23.0. The second kappa shape index (κ2) is 13.5. The summed E-state index contributed by atoms with van der Waals surface area (Å²) in [5.74, 6) is 0.225. The predicted molar refractivity (Wildman–Crippen MR) is 159 cm³/mol. The first kappa shape index (κ1) is 28.4. The monoisotopic (exact) mass is 572 g/mol. The van der Waals surface area contributed by atoms with E-state index in [1.807, 2.05) is 60.7 Å². The highest BCUT2D eigenvalue weighted by Gasteiger charge is 2.34. The van der Waals surface area contributed by atoms with E-state index in [0.717, 1.165) is 33.9 Å². The highest BCUT2D eigenvalue weighted by molar-refractivity contribution is 7.99. The van der Waals surface area contributed by atoms with Crippen molar-refractivity contribution in [1.82, 2.24) is 10.3 Å². The number of nitrogens with zero attached hydrogens (tertiary/aromatic N) is 3. The number of fused-ring (bicyclic) bond motifs is 1. The molecule has 2 heterocycles. The Labute approximate surface area is 243 Å². The number of hydrogen-bond donors (Lipinski definition) is 1. The maximum atomic E-state index is 13.6. The van der Waals surface area contributed by atoms with Gasteiger partial charge in [0.1, 0.15) is 0 Å². The lowest BCUT2D eigenvalue weighted by Crippen LogP contribution is -2.45. The summed E-state index contributed by atoms with van der Waals surface area (Å²) in [7, 11) is 1.37. The van der Waals surface area contributed by atoms with Crippen molar-refractivity contribution >= 4 is 41.1 Å². The third-order valence-electron chi connectivity index (χ3n) is 7.02. The number of hydrogen-bond acceptors (Lipinski definition) is 7. The van der Waals surface area contributed by atoms with Gasteiger partial charge in [-0.25, -0.2) is 15.0 Å². The molecule has 0 bridgehead atoms. The molecular formula is C31H32N4O5S. The summed E-state index contributed by atoms with van der Waals surface area (Å²) >= 11 is 1.67. The molecule has 1 fully saturated rings. The van der Waals surface area contributed by atoms with Crippen LogP contribution in [0.2, 0.25) is 0 Å². The van der Waals surface area contributed by atoms with E-state index >= 15 is 0 Å². The van der Waals surface area contributed by atoms with Gasteiger partial charge in [0.2, 0.25) is 0 Å². The molecule has 10 heteroatoms. The average molecular weight is 573 g/mol. The van der Waals surface area contributed by atoms with E-state index in [-0.39, 0.29) is 23.6 Å². The number of hydrazone groups is 1. The molecule has 1 N–H and O–H groups in total. The van der Waals surface area contributed by atoms with Gasteiger partial charge in [-0.05, 0) is 54.3 Å². The summed E-state index contributed by atoms with van der Waals surface area (Å²) in [5, 5.41) is 4.32. The first-order valence-corrected chi connectivity index (χ1v) is 14.5. The molecule has 1 saturated heterocycles. The van der Waals surface area contributed by atoms with Crippen molar-refractivity contribution in [1.29, 1.82) is 0 Å². The minimum absolute atomic E-state index is 0.231. The second-order valence-electron chi connectivity index (χ2n) is 9.64. The van der Waals surface area contributed by atoms with Crippen LogP contribution < -0.4 is 10.3 Å². The van der Waals surface area contributed by atoms with Crippen LogP contribution >= 0.6 is 11.8 Å². The number of ether oxygens (including phenoxy) is 2. The summed E-state index contributed by atoms with van der Waals surface area (Å²) < 4.78 is 10.1. The van der Waals surface area contributed by atoms with Crippen LogP contribution in [0.25, 0.3) is 0 Å². The molecule has 5 rings (SSSR count). The number of carbonyl (C=O) groups is 3. The lowest BCUT2D eigenvalue weighted by atomic mass is 10.1. The van der Waals surface area contributed by atoms with Crippen LogP contribution in [-0.4, -0.2) is 74.2 Å². The van der Waals surface area contributed by atoms with E-state index in [4.69, 9.17) is 9.47 Å². The van der Waals surface area contributed by atoms with Crippen molar-refractivity contribution in [3.8, 4) is 0 Å². The molecule has 41 heavy (non-hydrogen) atoms. The Morgan fingerprint density at radius 1 is 0.976 bits per heavy atom. The number of thioether (sulfide) groups is 1. The van der Waals surface area contributed by atoms with Gasteiger partial charge in [0.15, 0.2) is 5.71 Å². The minimum atomic E-state index is -0.352. The normalized spacial score (nSPS) is 15.6. The van der Waals surface area contributed by atoms with Crippen LogP contribution in [0.5, 0.6) is 0 Å². The summed E-state index contributed by atoms with van der Waals surface area (Å²) in [6.45, 7) is 2.43. The number of methoxy groups -OCH3 is 1. The van der Waals surface area contributed by atoms with Gasteiger partial charge < -0.3 is 19.3 Å². The predicted octanol–water partition coefficient (Wildman–Crippen LogP) is 4.14. The number of aryl methyl sites for hydroxylation is 1. The molecule has 0 aliphatic carbocycles. The fourth-order valence-electron chi connectivity index (χ4n) is 4.75. The summed E-state index contributed by atoms with van der Waals surface area (Å²) in [6.07, 6.45) is 1.51. The molecule has 0 aromatic heterocycles. The number of nitrogens with one attached hydrogen (secondary N) is 1. The van der Waals surface area contributed by atoms with E-state index in [9.17, 15) is 14.4 Å². The van der Waals surface area contributed by atoms with Crippen molar-refractivity contribution in [2.75, 3.05) is 50.6 Å². The van der Waals surface area contributed by atoms with Crippen molar-refractivity contribution < 1.29 is 23.9 Å². The SMILES string of the molecule is COC(=O)c1ccc(CCSc2ccc3c(c2)/C(=N/NC(=O)N2CCOCC2)C(=O)N3CCc2ccccc2)cc1. The Morgan fingerprint density at radius 3 is 2.44 bits per heavy atom. The lowest BCUT2D eigenvalue weighted by molar-refractivity contribution is -0.112. The molecule has 0 saturated carbocycles. The molecule has 3 aromatic carbocycles. The van der Waals surface area contributed by atoms with Gasteiger partial charge in [0.05, 0.1) is 31.6 Å². The van der Waals surface area contributed by atoms with Gasteiger partial charge in [-0.15, -0.1) is 11.8 Å². The maximum Gasteiger partial charge on any atom is 0.337 e. The van der Waals surface area contributed by atoms with Crippen LogP contribution in [0.3, 0.4) is 0 Å². The zero-order chi connectivity index (χ0) is 28.6. The van der Waals surface area contributed by atoms with Gasteiger partial charge in [-0.2, -0.15) is 5.10 Å². The van der Waals surface area contributed by atoms with E-state index in [2.05, 4.69) is 10.5 Å². The van der Waals surface area contributed by atoms with E-state index in [1.54, 1.807) is 33.7 Å². The first-order chi connectivity index (χ1) is 20.0.